The number of methoxy groups -OCH3 is 2. The van der Waals surface area contributed by atoms with Crippen molar-refractivity contribution in [2.45, 2.75) is 31.2 Å². The maximum Gasteiger partial charge on any atom is 0.339 e. The van der Waals surface area contributed by atoms with Gasteiger partial charge in [0.05, 0.1) is 26.4 Å². The molecule has 1 fully saturated rings. The predicted molar refractivity (Wildman–Crippen MR) is 126 cm³/mol. The van der Waals surface area contributed by atoms with Crippen LogP contribution in [0.3, 0.4) is 0 Å². The Morgan fingerprint density at radius 1 is 0.919 bits per heavy atom. The van der Waals surface area contributed by atoms with Gasteiger partial charge in [-0.1, -0.05) is 6.07 Å². The number of hydrogen-bond donors (Lipinski definition) is 3. The number of benzene rings is 3. The molecule has 0 radical (unpaired) electrons. The van der Waals surface area contributed by atoms with Crippen molar-refractivity contribution in [3.63, 3.8) is 0 Å². The summed E-state index contributed by atoms with van der Waals surface area (Å²) in [5, 5.41) is 31.3. The molecule has 37 heavy (non-hydrogen) atoms. The third-order valence-electron chi connectivity index (χ3n) is 6.81. The quantitative estimate of drug-likeness (QED) is 0.416. The van der Waals surface area contributed by atoms with Gasteiger partial charge in [-0.2, -0.15) is 0 Å². The van der Waals surface area contributed by atoms with Crippen molar-refractivity contribution in [3.05, 3.63) is 41.5 Å². The van der Waals surface area contributed by atoms with Crippen LogP contribution in [0.5, 0.6) is 28.7 Å². The minimum absolute atomic E-state index is 0.0832. The van der Waals surface area contributed by atoms with E-state index in [-0.39, 0.29) is 24.7 Å². The summed E-state index contributed by atoms with van der Waals surface area (Å²) in [5.74, 6) is 1.63. The van der Waals surface area contributed by atoms with Crippen LogP contribution in [0.1, 0.15) is 15.9 Å². The molecule has 1 saturated heterocycles. The molecule has 0 aliphatic carbocycles. The number of ether oxygens (including phenoxy) is 7. The topological polar surface area (TPSA) is 142 Å². The van der Waals surface area contributed by atoms with Crippen LogP contribution >= 0.6 is 0 Å². The second-order valence-corrected chi connectivity index (χ2v) is 8.78. The van der Waals surface area contributed by atoms with Gasteiger partial charge in [0, 0.05) is 16.5 Å². The molecule has 0 saturated carbocycles. The van der Waals surface area contributed by atoms with Crippen LogP contribution in [0.2, 0.25) is 0 Å². The van der Waals surface area contributed by atoms with Crippen molar-refractivity contribution in [3.8, 4) is 39.9 Å². The molecule has 3 aromatic rings. The number of aliphatic hydroxyl groups is 3. The fourth-order valence-electron chi connectivity index (χ4n) is 4.97. The molecule has 3 N–H and O–H groups in total. The van der Waals surface area contributed by atoms with E-state index in [9.17, 15) is 20.1 Å². The number of rotatable bonds is 6. The number of carbonyl (C=O) groups is 1. The number of cyclic esters (lactones) is 1. The molecule has 3 aliphatic rings. The van der Waals surface area contributed by atoms with Crippen molar-refractivity contribution in [2.75, 3.05) is 27.6 Å². The van der Waals surface area contributed by atoms with Crippen molar-refractivity contribution in [2.24, 2.45) is 0 Å². The van der Waals surface area contributed by atoms with E-state index in [1.54, 1.807) is 24.3 Å². The van der Waals surface area contributed by atoms with E-state index >= 15 is 0 Å². The normalized spacial score (nSPS) is 23.8. The number of esters is 1. The van der Waals surface area contributed by atoms with Crippen molar-refractivity contribution >= 4 is 16.7 Å². The van der Waals surface area contributed by atoms with Gasteiger partial charge in [-0.25, -0.2) is 4.79 Å². The zero-order valence-electron chi connectivity index (χ0n) is 19.9. The Morgan fingerprint density at radius 2 is 1.65 bits per heavy atom. The maximum atomic E-state index is 13.1. The Kier molecular flexibility index (Phi) is 5.72. The van der Waals surface area contributed by atoms with E-state index in [1.807, 2.05) is 6.07 Å². The zero-order chi connectivity index (χ0) is 25.8. The monoisotopic (exact) mass is 512 g/mol. The van der Waals surface area contributed by atoms with E-state index in [0.29, 0.717) is 50.5 Å². The number of hydrogen-bond acceptors (Lipinski definition) is 11. The van der Waals surface area contributed by atoms with Crippen LogP contribution in [-0.2, 0) is 16.1 Å². The lowest BCUT2D eigenvalue weighted by Gasteiger charge is -2.22. The van der Waals surface area contributed by atoms with E-state index in [0.717, 1.165) is 0 Å². The standard InChI is InChI=1S/C26H24O11/c1-31-16-6-12-13(7-17(16)32-2)24(37-26-23(29)22(28)19(8-27)36-26)14-9-33-25(30)21(14)20(12)11-3-4-15-18(5-11)35-10-34-15/h3-7,19,22-23,26-29H,8-10H2,1-2H3. The van der Waals surface area contributed by atoms with Gasteiger partial charge in [0.15, 0.2) is 23.0 Å². The van der Waals surface area contributed by atoms with Gasteiger partial charge in [0.25, 0.3) is 0 Å². The van der Waals surface area contributed by atoms with Gasteiger partial charge < -0.3 is 48.5 Å². The molecule has 6 rings (SSSR count). The average Bonchev–Trinajstić information content (AvgIpc) is 3.61. The molecule has 194 valence electrons. The summed E-state index contributed by atoms with van der Waals surface area (Å²) in [6.45, 7) is -0.491. The SMILES string of the molecule is COc1cc2c(OC3OC(CO)C(O)C3O)c3c(c(-c4ccc5c(c4)OCO5)c2cc1OC)C(=O)OC3. The highest BCUT2D eigenvalue weighted by atomic mass is 16.7. The summed E-state index contributed by atoms with van der Waals surface area (Å²) in [7, 11) is 3.00. The number of fused-ring (bicyclic) bond motifs is 3. The van der Waals surface area contributed by atoms with Gasteiger partial charge in [-0.15, -0.1) is 0 Å². The van der Waals surface area contributed by atoms with Crippen LogP contribution < -0.4 is 23.7 Å². The molecular formula is C26H24O11. The first kappa shape index (κ1) is 23.6. The van der Waals surface area contributed by atoms with Gasteiger partial charge in [0.1, 0.15) is 30.7 Å². The third kappa shape index (κ3) is 3.62. The molecule has 11 heteroatoms. The van der Waals surface area contributed by atoms with Crippen molar-refractivity contribution < 1.29 is 53.3 Å². The van der Waals surface area contributed by atoms with Crippen LogP contribution in [0.4, 0.5) is 0 Å². The molecule has 0 amide bonds. The maximum absolute atomic E-state index is 13.1. The van der Waals surface area contributed by atoms with Crippen LogP contribution in [0.15, 0.2) is 30.3 Å². The Morgan fingerprint density at radius 3 is 2.35 bits per heavy atom. The Labute approximate surface area is 210 Å². The Bertz CT molecular complexity index is 1400. The molecule has 0 aromatic heterocycles. The largest absolute Gasteiger partial charge is 0.493 e. The molecule has 3 heterocycles. The van der Waals surface area contributed by atoms with E-state index in [4.69, 9.17) is 33.2 Å². The molecule has 3 aromatic carbocycles. The van der Waals surface area contributed by atoms with Gasteiger partial charge >= 0.3 is 5.97 Å². The smallest absolute Gasteiger partial charge is 0.339 e. The summed E-state index contributed by atoms with van der Waals surface area (Å²) >= 11 is 0. The second kappa shape index (κ2) is 8.96. The molecule has 4 atom stereocenters. The highest BCUT2D eigenvalue weighted by molar-refractivity contribution is 6.14. The van der Waals surface area contributed by atoms with Gasteiger partial charge in [0.2, 0.25) is 13.1 Å². The highest BCUT2D eigenvalue weighted by Gasteiger charge is 2.45. The number of carbonyl (C=O) groups excluding carboxylic acids is 1. The van der Waals surface area contributed by atoms with Crippen LogP contribution in [0.25, 0.3) is 21.9 Å². The van der Waals surface area contributed by atoms with Crippen LogP contribution in [-0.4, -0.2) is 73.5 Å². The summed E-state index contributed by atoms with van der Waals surface area (Å²) in [4.78, 5) is 13.1. The Balaban J connectivity index is 1.61. The first-order valence-corrected chi connectivity index (χ1v) is 11.6. The van der Waals surface area contributed by atoms with E-state index < -0.39 is 37.2 Å². The lowest BCUT2D eigenvalue weighted by atomic mass is 9.89. The summed E-state index contributed by atoms with van der Waals surface area (Å²) in [5.41, 5.74) is 1.96. The summed E-state index contributed by atoms with van der Waals surface area (Å²) < 4.78 is 39.2. The lowest BCUT2D eigenvalue weighted by Crippen LogP contribution is -2.35. The van der Waals surface area contributed by atoms with E-state index in [1.165, 1.54) is 14.2 Å². The average molecular weight is 512 g/mol. The molecule has 4 unspecified atom stereocenters. The zero-order valence-corrected chi connectivity index (χ0v) is 19.9. The molecule has 0 spiro atoms. The minimum atomic E-state index is -1.44. The summed E-state index contributed by atoms with van der Waals surface area (Å²) in [6, 6.07) is 8.79. The van der Waals surface area contributed by atoms with Crippen molar-refractivity contribution in [1.82, 2.24) is 0 Å². The molecular weight excluding hydrogens is 488 g/mol. The predicted octanol–water partition coefficient (Wildman–Crippen LogP) is 1.74. The van der Waals surface area contributed by atoms with Gasteiger partial charge in [-0.3, -0.25) is 0 Å². The first-order chi connectivity index (χ1) is 17.9. The van der Waals surface area contributed by atoms with Crippen LogP contribution in [0, 0.1) is 0 Å². The lowest BCUT2D eigenvalue weighted by molar-refractivity contribution is -0.116. The fourth-order valence-corrected chi connectivity index (χ4v) is 4.97. The molecule has 3 aliphatic heterocycles. The molecule has 0 bridgehead atoms. The Hall–Kier alpha value is -3.77. The number of aliphatic hydroxyl groups excluding tert-OH is 3. The first-order valence-electron chi connectivity index (χ1n) is 11.6. The molecule has 11 nitrogen and oxygen atoms in total. The van der Waals surface area contributed by atoms with Gasteiger partial charge in [-0.05, 0) is 35.2 Å². The van der Waals surface area contributed by atoms with Crippen molar-refractivity contribution in [1.29, 1.82) is 0 Å². The summed E-state index contributed by atoms with van der Waals surface area (Å²) in [6.07, 6.45) is -5.12. The second-order valence-electron chi connectivity index (χ2n) is 8.78. The fraction of sp³-hybridized carbons (Fsp3) is 0.346. The minimum Gasteiger partial charge on any atom is -0.493 e. The highest BCUT2D eigenvalue weighted by Crippen LogP contribution is 2.49. The third-order valence-corrected chi connectivity index (χ3v) is 6.81. The van der Waals surface area contributed by atoms with E-state index in [2.05, 4.69) is 0 Å².